The smallest absolute Gasteiger partial charge is 0.257 e. The Kier molecular flexibility index (Phi) is 4.24. The van der Waals surface area contributed by atoms with Crippen LogP contribution in [0.4, 0.5) is 0 Å². The fourth-order valence-corrected chi connectivity index (χ4v) is 3.08. The van der Waals surface area contributed by atoms with E-state index in [0.717, 1.165) is 31.5 Å². The molecule has 1 aliphatic rings. The molecule has 2 unspecified atom stereocenters. The Morgan fingerprint density at radius 3 is 2.82 bits per heavy atom. The highest BCUT2D eigenvalue weighted by Gasteiger charge is 2.30. The van der Waals surface area contributed by atoms with Gasteiger partial charge in [-0.05, 0) is 38.3 Å². The van der Waals surface area contributed by atoms with Crippen molar-refractivity contribution in [3.8, 4) is 5.69 Å². The van der Waals surface area contributed by atoms with E-state index in [2.05, 4.69) is 5.10 Å². The van der Waals surface area contributed by atoms with Crippen molar-refractivity contribution in [1.82, 2.24) is 14.7 Å². The average Bonchev–Trinajstić information content (AvgIpc) is 3.05. The van der Waals surface area contributed by atoms with Crippen molar-refractivity contribution in [2.45, 2.75) is 38.3 Å². The molecule has 0 aliphatic carbocycles. The molecule has 5 nitrogen and oxygen atoms in total. The van der Waals surface area contributed by atoms with Gasteiger partial charge in [-0.2, -0.15) is 5.10 Å². The second-order valence-electron chi connectivity index (χ2n) is 5.93. The van der Waals surface area contributed by atoms with E-state index in [9.17, 15) is 4.79 Å². The van der Waals surface area contributed by atoms with Crippen molar-refractivity contribution in [2.75, 3.05) is 6.54 Å². The molecule has 116 valence electrons. The van der Waals surface area contributed by atoms with Gasteiger partial charge in [-0.15, -0.1) is 0 Å². The molecule has 0 saturated carbocycles. The first-order chi connectivity index (χ1) is 10.7. The van der Waals surface area contributed by atoms with Gasteiger partial charge < -0.3 is 10.6 Å². The lowest BCUT2D eigenvalue weighted by Gasteiger charge is -2.37. The van der Waals surface area contributed by atoms with Crippen molar-refractivity contribution in [2.24, 2.45) is 5.73 Å². The summed E-state index contributed by atoms with van der Waals surface area (Å²) in [4.78, 5) is 14.7. The zero-order chi connectivity index (χ0) is 15.5. The Labute approximate surface area is 130 Å². The van der Waals surface area contributed by atoms with Gasteiger partial charge in [0.25, 0.3) is 5.91 Å². The summed E-state index contributed by atoms with van der Waals surface area (Å²) in [5, 5.41) is 4.31. The molecule has 0 bridgehead atoms. The van der Waals surface area contributed by atoms with Gasteiger partial charge in [-0.1, -0.05) is 18.2 Å². The summed E-state index contributed by atoms with van der Waals surface area (Å²) >= 11 is 0. The van der Waals surface area contributed by atoms with E-state index in [1.165, 1.54) is 0 Å². The SMILES string of the molecule is CC(N)C1CCCCN1C(=O)c1cnn(-c2ccccc2)c1. The fourth-order valence-electron chi connectivity index (χ4n) is 3.08. The minimum atomic E-state index is -0.00609. The molecule has 1 amide bonds. The normalized spacial score (nSPS) is 19.9. The molecule has 1 saturated heterocycles. The maximum atomic E-state index is 12.8. The predicted octanol–water partition coefficient (Wildman–Crippen LogP) is 2.21. The first-order valence-electron chi connectivity index (χ1n) is 7.83. The van der Waals surface area contributed by atoms with Gasteiger partial charge in [-0.25, -0.2) is 4.68 Å². The summed E-state index contributed by atoms with van der Waals surface area (Å²) in [7, 11) is 0. The van der Waals surface area contributed by atoms with E-state index in [1.807, 2.05) is 42.2 Å². The number of piperidine rings is 1. The highest BCUT2D eigenvalue weighted by atomic mass is 16.2. The van der Waals surface area contributed by atoms with Gasteiger partial charge >= 0.3 is 0 Å². The summed E-state index contributed by atoms with van der Waals surface area (Å²) in [6, 6.07) is 9.92. The standard InChI is InChI=1S/C17H22N4O/c1-13(18)16-9-5-6-10-20(16)17(22)14-11-19-21(12-14)15-7-3-2-4-8-15/h2-4,7-8,11-13,16H,5-6,9-10,18H2,1H3. The molecule has 22 heavy (non-hydrogen) atoms. The third-order valence-corrected chi connectivity index (χ3v) is 4.27. The lowest BCUT2D eigenvalue weighted by atomic mass is 9.96. The number of hydrogen-bond donors (Lipinski definition) is 1. The monoisotopic (exact) mass is 298 g/mol. The van der Waals surface area contributed by atoms with Gasteiger partial charge in [0.05, 0.1) is 17.4 Å². The quantitative estimate of drug-likeness (QED) is 0.945. The Morgan fingerprint density at radius 2 is 2.09 bits per heavy atom. The first kappa shape index (κ1) is 14.8. The molecule has 2 aromatic rings. The van der Waals surface area contributed by atoms with Crippen LogP contribution < -0.4 is 5.73 Å². The molecule has 5 heteroatoms. The van der Waals surface area contributed by atoms with Crippen LogP contribution in [0.15, 0.2) is 42.7 Å². The molecule has 3 rings (SSSR count). The second-order valence-corrected chi connectivity index (χ2v) is 5.93. The molecule has 2 atom stereocenters. The number of rotatable bonds is 3. The molecular formula is C17H22N4O. The minimum absolute atomic E-state index is 0.00609. The Bertz CT molecular complexity index is 635. The highest BCUT2D eigenvalue weighted by Crippen LogP contribution is 2.21. The molecule has 2 N–H and O–H groups in total. The second kappa shape index (κ2) is 6.32. The molecule has 1 fully saturated rings. The minimum Gasteiger partial charge on any atom is -0.334 e. The van der Waals surface area contributed by atoms with Crippen LogP contribution in [0.3, 0.4) is 0 Å². The number of benzene rings is 1. The number of para-hydroxylation sites is 1. The molecule has 2 heterocycles. The largest absolute Gasteiger partial charge is 0.334 e. The highest BCUT2D eigenvalue weighted by molar-refractivity contribution is 5.94. The van der Waals surface area contributed by atoms with E-state index in [-0.39, 0.29) is 18.0 Å². The van der Waals surface area contributed by atoms with Gasteiger partial charge in [0, 0.05) is 24.8 Å². The Balaban J connectivity index is 1.82. The van der Waals surface area contributed by atoms with E-state index in [0.29, 0.717) is 5.56 Å². The zero-order valence-corrected chi connectivity index (χ0v) is 12.9. The number of nitrogens with two attached hydrogens (primary N) is 1. The molecule has 1 aliphatic heterocycles. The van der Waals surface area contributed by atoms with E-state index in [4.69, 9.17) is 5.73 Å². The number of amides is 1. The maximum Gasteiger partial charge on any atom is 0.257 e. The van der Waals surface area contributed by atoms with E-state index in [1.54, 1.807) is 17.1 Å². The summed E-state index contributed by atoms with van der Waals surface area (Å²) in [5.74, 6) is 0.0316. The predicted molar refractivity (Wildman–Crippen MR) is 85.9 cm³/mol. The van der Waals surface area contributed by atoms with Gasteiger partial charge in [0.1, 0.15) is 0 Å². The van der Waals surface area contributed by atoms with Gasteiger partial charge in [-0.3, -0.25) is 4.79 Å². The van der Waals surface area contributed by atoms with Crippen LogP contribution in [-0.2, 0) is 0 Å². The number of hydrogen-bond acceptors (Lipinski definition) is 3. The summed E-state index contributed by atoms with van der Waals surface area (Å²) in [6.45, 7) is 2.76. The van der Waals surface area contributed by atoms with Crippen molar-refractivity contribution in [3.05, 3.63) is 48.3 Å². The van der Waals surface area contributed by atoms with Crippen LogP contribution in [0.25, 0.3) is 5.69 Å². The fraction of sp³-hybridized carbons (Fsp3) is 0.412. The van der Waals surface area contributed by atoms with Crippen molar-refractivity contribution in [1.29, 1.82) is 0 Å². The van der Waals surface area contributed by atoms with Crippen LogP contribution in [0.2, 0.25) is 0 Å². The third-order valence-electron chi connectivity index (χ3n) is 4.27. The average molecular weight is 298 g/mol. The van der Waals surface area contributed by atoms with Crippen LogP contribution in [0.1, 0.15) is 36.5 Å². The topological polar surface area (TPSA) is 64.2 Å². The molecule has 1 aromatic carbocycles. The molecular weight excluding hydrogens is 276 g/mol. The first-order valence-corrected chi connectivity index (χ1v) is 7.83. The Morgan fingerprint density at radius 1 is 1.32 bits per heavy atom. The lowest BCUT2D eigenvalue weighted by molar-refractivity contribution is 0.0584. The van der Waals surface area contributed by atoms with Crippen molar-refractivity contribution in [3.63, 3.8) is 0 Å². The third kappa shape index (κ3) is 2.90. The van der Waals surface area contributed by atoms with Crippen LogP contribution >= 0.6 is 0 Å². The van der Waals surface area contributed by atoms with E-state index < -0.39 is 0 Å². The number of carbonyl (C=O) groups excluding carboxylic acids is 1. The number of carbonyl (C=O) groups is 1. The Hall–Kier alpha value is -2.14. The van der Waals surface area contributed by atoms with Crippen LogP contribution in [-0.4, -0.2) is 39.2 Å². The maximum absolute atomic E-state index is 12.8. The number of aromatic nitrogens is 2. The van der Waals surface area contributed by atoms with Gasteiger partial charge in [0.15, 0.2) is 0 Å². The van der Waals surface area contributed by atoms with Crippen molar-refractivity contribution >= 4 is 5.91 Å². The summed E-state index contributed by atoms with van der Waals surface area (Å²) in [6.07, 6.45) is 6.60. The number of nitrogens with zero attached hydrogens (tertiary/aromatic N) is 3. The lowest BCUT2D eigenvalue weighted by Crippen LogP contribution is -2.51. The van der Waals surface area contributed by atoms with Crippen molar-refractivity contribution < 1.29 is 4.79 Å². The van der Waals surface area contributed by atoms with Crippen LogP contribution in [0.5, 0.6) is 0 Å². The molecule has 1 aromatic heterocycles. The number of likely N-dealkylation sites (tertiary alicyclic amines) is 1. The summed E-state index contributed by atoms with van der Waals surface area (Å²) in [5.41, 5.74) is 7.62. The zero-order valence-electron chi connectivity index (χ0n) is 12.9. The summed E-state index contributed by atoms with van der Waals surface area (Å²) < 4.78 is 1.73. The van der Waals surface area contributed by atoms with Crippen LogP contribution in [0, 0.1) is 0 Å². The van der Waals surface area contributed by atoms with E-state index >= 15 is 0 Å². The molecule has 0 spiro atoms. The van der Waals surface area contributed by atoms with Gasteiger partial charge in [0.2, 0.25) is 0 Å². The molecule has 0 radical (unpaired) electrons.